The van der Waals surface area contributed by atoms with Crippen molar-refractivity contribution in [2.24, 2.45) is 0 Å². The monoisotopic (exact) mass is 388 g/mol. The Balaban J connectivity index is 0.000000376. The Morgan fingerprint density at radius 1 is 1.33 bits per heavy atom. The van der Waals surface area contributed by atoms with E-state index in [-0.39, 0.29) is 11.9 Å². The molecule has 4 nitrogen and oxygen atoms in total. The molecule has 1 aliphatic heterocycles. The van der Waals surface area contributed by atoms with Gasteiger partial charge in [0.15, 0.2) is 0 Å². The van der Waals surface area contributed by atoms with Crippen LogP contribution >= 0.6 is 11.6 Å². The number of hydrogen-bond donors (Lipinski definition) is 1. The maximum atomic E-state index is 13.6. The Kier molecular flexibility index (Phi) is 6.14. The maximum absolute atomic E-state index is 13.6. The molecule has 1 aromatic heterocycles. The zero-order chi connectivity index (χ0) is 19.4. The topological polar surface area (TPSA) is 45.3 Å². The highest BCUT2D eigenvalue weighted by atomic mass is 35.5. The van der Waals surface area contributed by atoms with Crippen LogP contribution in [0, 0.1) is 5.82 Å². The summed E-state index contributed by atoms with van der Waals surface area (Å²) in [4.78, 5) is 15.0. The fourth-order valence-electron chi connectivity index (χ4n) is 3.55. The second-order valence-electron chi connectivity index (χ2n) is 6.45. The number of carbonyl (C=O) groups excluding carboxylic acids is 1. The Labute approximate surface area is 162 Å². The molecule has 0 bridgehead atoms. The number of aromatic nitrogens is 1. The van der Waals surface area contributed by atoms with Crippen LogP contribution in [-0.4, -0.2) is 36.6 Å². The number of rotatable bonds is 3. The molecule has 6 heteroatoms. The molecule has 0 spiro atoms. The number of carbonyl (C=O) groups is 1. The number of likely N-dealkylation sites (N-methyl/N-ethyl adjacent to an activating group) is 1. The third kappa shape index (κ3) is 4.15. The summed E-state index contributed by atoms with van der Waals surface area (Å²) in [5.74, 6) is -0.187. The van der Waals surface area contributed by atoms with Crippen LogP contribution in [-0.2, 0) is 16.0 Å². The first-order valence-electron chi connectivity index (χ1n) is 8.86. The van der Waals surface area contributed by atoms with Crippen LogP contribution in [0.2, 0.25) is 5.02 Å². The molecular formula is C21H22ClFN2O2. The number of nitrogens with zero attached hydrogens (tertiary/aromatic N) is 1. The smallest absolute Gasteiger partial charge is 0.293 e. The van der Waals surface area contributed by atoms with Crippen molar-refractivity contribution in [3.05, 3.63) is 70.1 Å². The summed E-state index contributed by atoms with van der Waals surface area (Å²) in [5, 5.41) is 1.73. The molecule has 1 unspecified atom stereocenters. The molecule has 3 aromatic rings. The highest BCUT2D eigenvalue weighted by molar-refractivity contribution is 6.30. The van der Waals surface area contributed by atoms with Crippen LogP contribution < -0.4 is 0 Å². The predicted molar refractivity (Wildman–Crippen MR) is 106 cm³/mol. The lowest BCUT2D eigenvalue weighted by Gasteiger charge is -2.33. The number of fused-ring (bicyclic) bond motifs is 3. The van der Waals surface area contributed by atoms with E-state index in [9.17, 15) is 9.18 Å². The summed E-state index contributed by atoms with van der Waals surface area (Å²) in [7, 11) is 2.11. The minimum atomic E-state index is -0.187. The van der Waals surface area contributed by atoms with E-state index >= 15 is 0 Å². The maximum Gasteiger partial charge on any atom is 0.293 e. The van der Waals surface area contributed by atoms with E-state index in [0.29, 0.717) is 13.1 Å². The van der Waals surface area contributed by atoms with E-state index in [2.05, 4.69) is 27.7 Å². The molecule has 142 valence electrons. The zero-order valence-corrected chi connectivity index (χ0v) is 16.1. The van der Waals surface area contributed by atoms with E-state index in [1.165, 1.54) is 11.6 Å². The number of H-pyrrole nitrogens is 1. The lowest BCUT2D eigenvalue weighted by atomic mass is 9.93. The molecular weight excluding hydrogens is 367 g/mol. The molecule has 0 amide bonds. The number of aromatic amines is 1. The highest BCUT2D eigenvalue weighted by Gasteiger charge is 2.29. The van der Waals surface area contributed by atoms with Gasteiger partial charge in [-0.25, -0.2) is 4.39 Å². The number of benzene rings is 2. The van der Waals surface area contributed by atoms with Crippen molar-refractivity contribution in [1.29, 1.82) is 0 Å². The average Bonchev–Trinajstić information content (AvgIpc) is 3.00. The Morgan fingerprint density at radius 2 is 2.15 bits per heavy atom. The van der Waals surface area contributed by atoms with Gasteiger partial charge in [-0.3, -0.25) is 9.69 Å². The SMILES string of the molecule is CCOC=O.CN1CCc2c([nH]c3ccc(F)cc23)C1c1cccc(Cl)c1. The van der Waals surface area contributed by atoms with Crippen molar-refractivity contribution < 1.29 is 13.9 Å². The van der Waals surface area contributed by atoms with Crippen LogP contribution in [0.4, 0.5) is 4.39 Å². The molecule has 0 radical (unpaired) electrons. The second kappa shape index (κ2) is 8.55. The summed E-state index contributed by atoms with van der Waals surface area (Å²) in [6.45, 7) is 3.60. The van der Waals surface area contributed by atoms with Gasteiger partial charge in [-0.15, -0.1) is 0 Å². The van der Waals surface area contributed by atoms with Gasteiger partial charge in [0.1, 0.15) is 5.82 Å². The quantitative estimate of drug-likeness (QED) is 0.660. The van der Waals surface area contributed by atoms with Gasteiger partial charge in [-0.2, -0.15) is 0 Å². The molecule has 4 rings (SSSR count). The fourth-order valence-corrected chi connectivity index (χ4v) is 3.75. The lowest BCUT2D eigenvalue weighted by molar-refractivity contribution is -0.128. The van der Waals surface area contributed by atoms with Crippen molar-refractivity contribution in [3.8, 4) is 0 Å². The first kappa shape index (κ1) is 19.4. The first-order valence-corrected chi connectivity index (χ1v) is 9.24. The van der Waals surface area contributed by atoms with Gasteiger partial charge >= 0.3 is 0 Å². The molecule has 1 N–H and O–H groups in total. The van der Waals surface area contributed by atoms with Crippen LogP contribution in [0.1, 0.15) is 29.8 Å². The predicted octanol–water partition coefficient (Wildman–Crippen LogP) is 4.72. The van der Waals surface area contributed by atoms with Gasteiger partial charge in [0.05, 0.1) is 12.6 Å². The lowest BCUT2D eigenvalue weighted by Crippen LogP contribution is -2.32. The first-order chi connectivity index (χ1) is 13.0. The number of hydrogen-bond acceptors (Lipinski definition) is 3. The van der Waals surface area contributed by atoms with E-state index in [1.54, 1.807) is 13.0 Å². The summed E-state index contributed by atoms with van der Waals surface area (Å²) in [5.41, 5.74) is 4.52. The summed E-state index contributed by atoms with van der Waals surface area (Å²) < 4.78 is 17.7. The molecule has 2 heterocycles. The summed E-state index contributed by atoms with van der Waals surface area (Å²) in [6.07, 6.45) is 0.923. The van der Waals surface area contributed by atoms with Crippen molar-refractivity contribution >= 4 is 29.0 Å². The van der Waals surface area contributed by atoms with Crippen LogP contribution in [0.25, 0.3) is 10.9 Å². The van der Waals surface area contributed by atoms with Gasteiger partial charge < -0.3 is 9.72 Å². The summed E-state index contributed by atoms with van der Waals surface area (Å²) >= 11 is 6.16. The third-order valence-corrected chi connectivity index (χ3v) is 4.96. The molecule has 1 aliphatic rings. The minimum absolute atomic E-state index is 0.123. The molecule has 0 aliphatic carbocycles. The second-order valence-corrected chi connectivity index (χ2v) is 6.88. The Morgan fingerprint density at radius 3 is 2.81 bits per heavy atom. The van der Waals surface area contributed by atoms with Crippen LogP contribution in [0.15, 0.2) is 42.5 Å². The van der Waals surface area contributed by atoms with Crippen LogP contribution in [0.3, 0.4) is 0 Å². The summed E-state index contributed by atoms with van der Waals surface area (Å²) in [6, 6.07) is 13.0. The van der Waals surface area contributed by atoms with E-state index < -0.39 is 0 Å². The van der Waals surface area contributed by atoms with E-state index in [1.807, 2.05) is 24.3 Å². The molecule has 0 saturated carbocycles. The Bertz CT molecular complexity index is 941. The van der Waals surface area contributed by atoms with Gasteiger partial charge in [0, 0.05) is 28.2 Å². The molecule has 2 aromatic carbocycles. The molecule has 0 saturated heterocycles. The minimum Gasteiger partial charge on any atom is -0.468 e. The standard InChI is InChI=1S/C18H16ClFN2.C3H6O2/c1-22-8-7-14-15-10-13(20)5-6-16(15)21-17(14)18(22)11-3-2-4-12(19)9-11;1-2-5-3-4/h2-6,9-10,18,21H,7-8H2,1H3;3H,2H2,1H3. The zero-order valence-electron chi connectivity index (χ0n) is 15.3. The normalized spacial score (nSPS) is 16.4. The van der Waals surface area contributed by atoms with Gasteiger partial charge in [0.2, 0.25) is 0 Å². The van der Waals surface area contributed by atoms with Gasteiger partial charge in [-0.05, 0) is 61.9 Å². The van der Waals surface area contributed by atoms with Gasteiger partial charge in [-0.1, -0.05) is 23.7 Å². The van der Waals surface area contributed by atoms with Crippen molar-refractivity contribution in [3.63, 3.8) is 0 Å². The fraction of sp³-hybridized carbons (Fsp3) is 0.286. The average molecular weight is 389 g/mol. The molecule has 0 fully saturated rings. The van der Waals surface area contributed by atoms with Gasteiger partial charge in [0.25, 0.3) is 6.47 Å². The van der Waals surface area contributed by atoms with E-state index in [0.717, 1.165) is 40.1 Å². The van der Waals surface area contributed by atoms with Crippen molar-refractivity contribution in [2.45, 2.75) is 19.4 Å². The Hall–Kier alpha value is -2.37. The molecule has 27 heavy (non-hydrogen) atoms. The van der Waals surface area contributed by atoms with Crippen molar-refractivity contribution in [2.75, 3.05) is 20.2 Å². The number of halogens is 2. The highest BCUT2D eigenvalue weighted by Crippen LogP contribution is 2.38. The number of ether oxygens (including phenoxy) is 1. The van der Waals surface area contributed by atoms with Crippen molar-refractivity contribution in [1.82, 2.24) is 9.88 Å². The third-order valence-electron chi connectivity index (χ3n) is 4.73. The van der Waals surface area contributed by atoms with E-state index in [4.69, 9.17) is 11.6 Å². The van der Waals surface area contributed by atoms with Crippen LogP contribution in [0.5, 0.6) is 0 Å². The number of nitrogens with one attached hydrogen (secondary N) is 1. The largest absolute Gasteiger partial charge is 0.468 e. The molecule has 1 atom stereocenters.